The third kappa shape index (κ3) is 12.1. The van der Waals surface area contributed by atoms with Crippen LogP contribution in [0.2, 0.25) is 0 Å². The summed E-state index contributed by atoms with van der Waals surface area (Å²) in [7, 11) is 0. The molecule has 20 heavy (non-hydrogen) atoms. The summed E-state index contributed by atoms with van der Waals surface area (Å²) in [6, 6.07) is 0. The number of rotatable bonds is 15. The van der Waals surface area contributed by atoms with Crippen molar-refractivity contribution in [1.82, 2.24) is 0 Å². The number of hydrogen-bond acceptors (Lipinski definition) is 1. The lowest BCUT2D eigenvalue weighted by Crippen LogP contribution is -2.16. The molecule has 0 bridgehead atoms. The molecule has 0 aliphatic rings. The van der Waals surface area contributed by atoms with Crippen molar-refractivity contribution in [3.8, 4) is 0 Å². The minimum absolute atomic E-state index is 0.614. The Balaban J connectivity index is 3.95. The highest BCUT2D eigenvalue weighted by Crippen LogP contribution is 2.36. The fourth-order valence-corrected chi connectivity index (χ4v) is 3.40. The first-order valence-electron chi connectivity index (χ1n) is 9.29. The van der Waals surface area contributed by atoms with E-state index in [1.165, 1.54) is 89.9 Å². The molecule has 0 spiro atoms. The van der Waals surface area contributed by atoms with Crippen molar-refractivity contribution >= 4 is 12.6 Å². The van der Waals surface area contributed by atoms with Gasteiger partial charge in [0.05, 0.1) is 0 Å². The highest BCUT2D eigenvalue weighted by molar-refractivity contribution is 7.80. The van der Waals surface area contributed by atoms with Gasteiger partial charge in [-0.2, -0.15) is 12.6 Å². The molecular weight excluding hydrogens is 260 g/mol. The molecule has 0 aliphatic heterocycles. The van der Waals surface area contributed by atoms with E-state index in [2.05, 4.69) is 33.4 Å². The van der Waals surface area contributed by atoms with Gasteiger partial charge in [-0.15, -0.1) is 0 Å². The van der Waals surface area contributed by atoms with Gasteiger partial charge in [0.2, 0.25) is 0 Å². The van der Waals surface area contributed by atoms with Gasteiger partial charge in [0, 0.05) is 0 Å². The van der Waals surface area contributed by atoms with Crippen LogP contribution in [-0.2, 0) is 0 Å². The van der Waals surface area contributed by atoms with Crippen LogP contribution in [0.25, 0.3) is 0 Å². The topological polar surface area (TPSA) is 0 Å². The average molecular weight is 301 g/mol. The van der Waals surface area contributed by atoms with Crippen molar-refractivity contribution < 1.29 is 0 Å². The lowest BCUT2D eigenvalue weighted by atomic mass is 9.76. The Hall–Kier alpha value is 0.350. The monoisotopic (exact) mass is 300 g/mol. The van der Waals surface area contributed by atoms with Gasteiger partial charge in [-0.25, -0.2) is 0 Å². The number of hydrogen-bond donors (Lipinski definition) is 1. The molecule has 0 aromatic carbocycles. The van der Waals surface area contributed by atoms with E-state index in [1.54, 1.807) is 0 Å². The van der Waals surface area contributed by atoms with E-state index in [1.807, 2.05) is 0 Å². The van der Waals surface area contributed by atoms with Crippen molar-refractivity contribution in [3.63, 3.8) is 0 Å². The SMILES string of the molecule is CCCCCCCC(C)(CCCCS)CCCCCC. The molecule has 1 atom stereocenters. The molecular formula is C19H40S. The summed E-state index contributed by atoms with van der Waals surface area (Å²) in [6.07, 6.45) is 19.8. The molecule has 0 nitrogen and oxygen atoms in total. The Morgan fingerprint density at radius 2 is 1.00 bits per heavy atom. The molecule has 0 saturated heterocycles. The van der Waals surface area contributed by atoms with E-state index in [0.29, 0.717) is 5.41 Å². The van der Waals surface area contributed by atoms with Gasteiger partial charge in [-0.3, -0.25) is 0 Å². The Labute approximate surface area is 134 Å². The minimum atomic E-state index is 0.614. The molecule has 0 amide bonds. The molecule has 0 aromatic rings. The van der Waals surface area contributed by atoms with Gasteiger partial charge in [0.15, 0.2) is 0 Å². The van der Waals surface area contributed by atoms with Crippen LogP contribution >= 0.6 is 12.6 Å². The quantitative estimate of drug-likeness (QED) is 0.236. The first-order chi connectivity index (χ1) is 9.68. The molecule has 0 radical (unpaired) electrons. The van der Waals surface area contributed by atoms with E-state index in [9.17, 15) is 0 Å². The average Bonchev–Trinajstić information content (AvgIpc) is 2.44. The Morgan fingerprint density at radius 1 is 0.600 bits per heavy atom. The molecule has 0 heterocycles. The van der Waals surface area contributed by atoms with Crippen LogP contribution in [0, 0.1) is 5.41 Å². The first kappa shape index (κ1) is 20.3. The van der Waals surface area contributed by atoms with Gasteiger partial charge in [-0.05, 0) is 36.9 Å². The second kappa shape index (κ2) is 14.3. The zero-order valence-corrected chi connectivity index (χ0v) is 15.4. The summed E-state index contributed by atoms with van der Waals surface area (Å²) in [5.74, 6) is 1.06. The largest absolute Gasteiger partial charge is 0.179 e. The van der Waals surface area contributed by atoms with Gasteiger partial charge >= 0.3 is 0 Å². The van der Waals surface area contributed by atoms with E-state index >= 15 is 0 Å². The molecule has 1 unspecified atom stereocenters. The van der Waals surface area contributed by atoms with Crippen LogP contribution in [0.1, 0.15) is 111 Å². The number of unbranched alkanes of at least 4 members (excludes halogenated alkanes) is 8. The molecule has 1 heteroatoms. The lowest BCUT2D eigenvalue weighted by molar-refractivity contribution is 0.225. The Kier molecular flexibility index (Phi) is 14.5. The second-order valence-corrected chi connectivity index (χ2v) is 7.41. The zero-order chi connectivity index (χ0) is 15.1. The van der Waals surface area contributed by atoms with Crippen LogP contribution in [0.5, 0.6) is 0 Å². The third-order valence-electron chi connectivity index (χ3n) is 4.71. The smallest absolute Gasteiger partial charge is 0.00979 e. The molecule has 122 valence electrons. The molecule has 0 rings (SSSR count). The van der Waals surface area contributed by atoms with Gasteiger partial charge < -0.3 is 0 Å². The predicted octanol–water partition coefficient (Wildman–Crippen LogP) is 7.42. The Bertz CT molecular complexity index is 190. The highest BCUT2D eigenvalue weighted by atomic mass is 32.1. The fraction of sp³-hybridized carbons (Fsp3) is 1.00. The standard InChI is InChI=1S/C19H40S/c1-4-6-8-10-12-16-19(3,17-13-14-18-20)15-11-9-7-5-2/h20H,4-18H2,1-3H3. The summed E-state index contributed by atoms with van der Waals surface area (Å²) < 4.78 is 0. The maximum atomic E-state index is 4.36. The molecule has 0 N–H and O–H groups in total. The van der Waals surface area contributed by atoms with Gasteiger partial charge in [0.25, 0.3) is 0 Å². The molecule has 0 aliphatic carbocycles. The zero-order valence-electron chi connectivity index (χ0n) is 14.6. The van der Waals surface area contributed by atoms with E-state index in [-0.39, 0.29) is 0 Å². The van der Waals surface area contributed by atoms with Crippen LogP contribution in [0.3, 0.4) is 0 Å². The van der Waals surface area contributed by atoms with Gasteiger partial charge in [-0.1, -0.05) is 85.0 Å². The lowest BCUT2D eigenvalue weighted by Gasteiger charge is -2.30. The summed E-state index contributed by atoms with van der Waals surface area (Å²) in [5.41, 5.74) is 0.614. The summed E-state index contributed by atoms with van der Waals surface area (Å²) in [6.45, 7) is 7.16. The maximum Gasteiger partial charge on any atom is -0.00979 e. The molecule has 0 saturated carbocycles. The molecule has 0 fully saturated rings. The van der Waals surface area contributed by atoms with Crippen LogP contribution in [-0.4, -0.2) is 5.75 Å². The second-order valence-electron chi connectivity index (χ2n) is 6.97. The minimum Gasteiger partial charge on any atom is -0.179 e. The third-order valence-corrected chi connectivity index (χ3v) is 5.02. The van der Waals surface area contributed by atoms with Crippen LogP contribution in [0.15, 0.2) is 0 Å². The van der Waals surface area contributed by atoms with Crippen LogP contribution in [0.4, 0.5) is 0 Å². The normalized spacial score (nSPS) is 14.4. The fourth-order valence-electron chi connectivity index (χ4n) is 3.17. The van der Waals surface area contributed by atoms with Crippen molar-refractivity contribution in [1.29, 1.82) is 0 Å². The maximum absolute atomic E-state index is 4.36. The van der Waals surface area contributed by atoms with Crippen molar-refractivity contribution in [2.24, 2.45) is 5.41 Å². The molecule has 0 aromatic heterocycles. The van der Waals surface area contributed by atoms with Crippen molar-refractivity contribution in [2.75, 3.05) is 5.75 Å². The summed E-state index contributed by atoms with van der Waals surface area (Å²) in [4.78, 5) is 0. The highest BCUT2D eigenvalue weighted by Gasteiger charge is 2.22. The summed E-state index contributed by atoms with van der Waals surface area (Å²) >= 11 is 4.36. The predicted molar refractivity (Wildman–Crippen MR) is 97.9 cm³/mol. The first-order valence-corrected chi connectivity index (χ1v) is 9.92. The van der Waals surface area contributed by atoms with E-state index < -0.39 is 0 Å². The van der Waals surface area contributed by atoms with Gasteiger partial charge in [0.1, 0.15) is 0 Å². The van der Waals surface area contributed by atoms with E-state index in [0.717, 1.165) is 5.75 Å². The van der Waals surface area contributed by atoms with Crippen molar-refractivity contribution in [2.45, 2.75) is 111 Å². The van der Waals surface area contributed by atoms with E-state index in [4.69, 9.17) is 0 Å². The van der Waals surface area contributed by atoms with Crippen LogP contribution < -0.4 is 0 Å². The van der Waals surface area contributed by atoms with Crippen molar-refractivity contribution in [3.05, 3.63) is 0 Å². The number of thiol groups is 1. The summed E-state index contributed by atoms with van der Waals surface area (Å²) in [5, 5.41) is 0. The Morgan fingerprint density at radius 3 is 1.45 bits per heavy atom.